The van der Waals surface area contributed by atoms with Crippen molar-refractivity contribution >= 4 is 33.2 Å². The summed E-state index contributed by atoms with van der Waals surface area (Å²) in [6.45, 7) is 32.0. The van der Waals surface area contributed by atoms with Crippen LogP contribution in [0.3, 0.4) is 0 Å². The molecule has 0 unspecified atom stereocenters. The molecule has 74 heavy (non-hydrogen) atoms. The van der Waals surface area contributed by atoms with Crippen molar-refractivity contribution in [3.8, 4) is 28.4 Å². The number of allylic oxidation sites excluding steroid dienone is 1. The monoisotopic (exact) mass is 1150 g/mol. The topological polar surface area (TPSA) is 33.5 Å². The van der Waals surface area contributed by atoms with E-state index < -0.39 is 0 Å². The summed E-state index contributed by atoms with van der Waals surface area (Å²) < 4.78 is 9.31. The number of nitrogens with zero attached hydrogens (tertiary/aromatic N) is 4. The molecule has 0 amide bonds. The summed E-state index contributed by atoms with van der Waals surface area (Å²) in [7, 11) is 0. The molecule has 0 aliphatic carbocycles. The third-order valence-electron chi connectivity index (χ3n) is 15.0. The molecule has 0 N–H and O–H groups in total. The number of benzene rings is 7. The summed E-state index contributed by atoms with van der Waals surface area (Å²) in [5.74, 6) is 2.01. The molecule has 0 radical (unpaired) electrons. The summed E-state index contributed by atoms with van der Waals surface area (Å²) in [4.78, 5) is 9.67. The van der Waals surface area contributed by atoms with Crippen molar-refractivity contribution in [1.82, 2.24) is 9.55 Å². The van der Waals surface area contributed by atoms with Crippen molar-refractivity contribution in [3.05, 3.63) is 234 Å². The molecule has 380 valence electrons. The van der Waals surface area contributed by atoms with E-state index in [1.165, 1.54) is 39.1 Å². The van der Waals surface area contributed by atoms with Gasteiger partial charge in [-0.05, 0) is 97.1 Å². The molecule has 7 aromatic carbocycles. The Kier molecular flexibility index (Phi) is 13.8. The standard InChI is InChI=1S/C68H69N4O.Pt/c1-64(2,3)51-36-52(65(4,5)6)38-55(37-51)71-45-70(44-62(71)66(7,8)9)54-39-53(68(12,13)49-27-21-16-22-28-49)40-57(42-54)73-56-30-31-58-59-35-47(46-23-17-14-18-24-46)29-32-60(59)72(61(58)43-56)63-41-50(33-34-69-63)67(10,11)48-25-19-15-20-26-48;/h14-41,44-45H,1-13H3;/q-3;. The Morgan fingerprint density at radius 2 is 1.07 bits per heavy atom. The van der Waals surface area contributed by atoms with E-state index in [4.69, 9.17) is 9.72 Å². The van der Waals surface area contributed by atoms with Gasteiger partial charge in [0.05, 0.1) is 0 Å². The van der Waals surface area contributed by atoms with Crippen LogP contribution in [-0.2, 0) is 42.7 Å². The van der Waals surface area contributed by atoms with E-state index in [1.54, 1.807) is 0 Å². The first kappa shape index (κ1) is 52.2. The number of rotatable bonds is 10. The van der Waals surface area contributed by atoms with Gasteiger partial charge < -0.3 is 19.1 Å². The summed E-state index contributed by atoms with van der Waals surface area (Å²) in [5, 5.41) is 2.18. The van der Waals surface area contributed by atoms with Gasteiger partial charge in [-0.3, -0.25) is 0 Å². The van der Waals surface area contributed by atoms with Crippen LogP contribution in [0.1, 0.15) is 123 Å². The first-order chi connectivity index (χ1) is 34.6. The third kappa shape index (κ3) is 10.1. The van der Waals surface area contributed by atoms with Crippen LogP contribution in [0.2, 0.25) is 0 Å². The van der Waals surface area contributed by atoms with Crippen LogP contribution in [-0.4, -0.2) is 9.55 Å². The normalized spacial score (nSPS) is 13.6. The van der Waals surface area contributed by atoms with E-state index in [0.29, 0.717) is 11.5 Å². The SMILES string of the molecule is CC(C)(C)C1=CN(c2[c-]c(Oc3[c-]c4c(cc3)c3cc(-c5ccccc5)ccc3n4-c3cc(C(C)(C)c4ccccc4)ccn3)cc(C(C)(C)c3ccccc3)c2)[CH-]N1c1cc(C(C)(C)C)cc(C(C)(C)C)c1.[Pt]. The largest absolute Gasteiger partial charge is 0.509 e. The molecule has 2 aromatic heterocycles. The van der Waals surface area contributed by atoms with Crippen molar-refractivity contribution < 1.29 is 25.8 Å². The molecule has 3 heterocycles. The number of hydrogen-bond donors (Lipinski definition) is 0. The Balaban J connectivity index is 0.00000672. The van der Waals surface area contributed by atoms with E-state index >= 15 is 0 Å². The van der Waals surface area contributed by atoms with Gasteiger partial charge in [-0.1, -0.05) is 205 Å². The van der Waals surface area contributed by atoms with Gasteiger partial charge >= 0.3 is 0 Å². The Hall–Kier alpha value is -6.68. The molecule has 5 nitrogen and oxygen atoms in total. The zero-order valence-electron chi connectivity index (χ0n) is 45.3. The second-order valence-corrected chi connectivity index (χ2v) is 24.0. The molecule has 1 aliphatic rings. The van der Waals surface area contributed by atoms with E-state index in [-0.39, 0.29) is 48.1 Å². The van der Waals surface area contributed by atoms with Crippen molar-refractivity contribution in [2.75, 3.05) is 9.80 Å². The molecule has 0 bridgehead atoms. The Morgan fingerprint density at radius 1 is 0.473 bits per heavy atom. The quantitative estimate of drug-likeness (QED) is 0.128. The van der Waals surface area contributed by atoms with Crippen molar-refractivity contribution in [3.63, 3.8) is 0 Å². The van der Waals surface area contributed by atoms with Gasteiger partial charge in [0.25, 0.3) is 0 Å². The first-order valence-electron chi connectivity index (χ1n) is 25.8. The number of aromatic nitrogens is 2. The number of fused-ring (bicyclic) bond motifs is 3. The smallest absolute Gasteiger partial charge is 0.135 e. The molecule has 0 fully saturated rings. The number of pyridine rings is 1. The molecule has 0 atom stereocenters. The Labute approximate surface area is 455 Å². The van der Waals surface area contributed by atoms with Crippen LogP contribution in [0, 0.1) is 24.2 Å². The molecule has 0 saturated carbocycles. The minimum absolute atomic E-state index is 0. The van der Waals surface area contributed by atoms with Crippen molar-refractivity contribution in [2.45, 2.75) is 112 Å². The van der Waals surface area contributed by atoms with E-state index in [9.17, 15) is 0 Å². The van der Waals surface area contributed by atoms with Gasteiger partial charge in [-0.15, -0.1) is 53.6 Å². The van der Waals surface area contributed by atoms with Gasteiger partial charge in [-0.2, -0.15) is 6.07 Å². The van der Waals surface area contributed by atoms with E-state index in [0.717, 1.165) is 50.1 Å². The molecule has 6 heteroatoms. The molecule has 0 spiro atoms. The van der Waals surface area contributed by atoms with Gasteiger partial charge in [0, 0.05) is 66.5 Å². The molecule has 9 aromatic rings. The van der Waals surface area contributed by atoms with Crippen molar-refractivity contribution in [2.24, 2.45) is 5.41 Å². The van der Waals surface area contributed by atoms with Crippen LogP contribution in [0.5, 0.6) is 11.5 Å². The fraction of sp³-hybridized carbons (Fsp3) is 0.265. The summed E-state index contributed by atoms with van der Waals surface area (Å²) in [5.41, 5.74) is 13.9. The molecular formula is C68H69N4OPt-3. The first-order valence-corrected chi connectivity index (χ1v) is 25.8. The summed E-state index contributed by atoms with van der Waals surface area (Å²) in [6, 6.07) is 66.4. The zero-order valence-corrected chi connectivity index (χ0v) is 47.6. The van der Waals surface area contributed by atoms with Gasteiger partial charge in [0.15, 0.2) is 0 Å². The van der Waals surface area contributed by atoms with Gasteiger partial charge in [0.1, 0.15) is 5.82 Å². The maximum absolute atomic E-state index is 7.07. The van der Waals surface area contributed by atoms with Crippen molar-refractivity contribution in [1.29, 1.82) is 0 Å². The summed E-state index contributed by atoms with van der Waals surface area (Å²) >= 11 is 0. The maximum atomic E-state index is 7.07. The zero-order chi connectivity index (χ0) is 51.7. The average molecular weight is 1150 g/mol. The molecule has 10 rings (SSSR count). The summed E-state index contributed by atoms with van der Waals surface area (Å²) in [6.07, 6.45) is 4.21. The number of anilines is 2. The molecule has 0 saturated heterocycles. The molecule has 1 aliphatic heterocycles. The Morgan fingerprint density at radius 3 is 1.66 bits per heavy atom. The predicted octanol–water partition coefficient (Wildman–Crippen LogP) is 17.8. The average Bonchev–Trinajstić information content (AvgIpc) is 3.97. The number of hydrogen-bond acceptors (Lipinski definition) is 4. The van der Waals surface area contributed by atoms with Crippen LogP contribution in [0.4, 0.5) is 11.4 Å². The van der Waals surface area contributed by atoms with Gasteiger partial charge in [-0.25, -0.2) is 4.98 Å². The van der Waals surface area contributed by atoms with Gasteiger partial charge in [0.2, 0.25) is 0 Å². The maximum Gasteiger partial charge on any atom is 0.135 e. The van der Waals surface area contributed by atoms with E-state index in [2.05, 4.69) is 287 Å². The fourth-order valence-electron chi connectivity index (χ4n) is 10.1. The van der Waals surface area contributed by atoms with Crippen LogP contribution >= 0.6 is 0 Å². The number of ether oxygens (including phenoxy) is 1. The van der Waals surface area contributed by atoms with Crippen LogP contribution < -0.4 is 14.5 Å². The minimum Gasteiger partial charge on any atom is -0.509 e. The van der Waals surface area contributed by atoms with E-state index in [1.807, 2.05) is 12.3 Å². The fourth-order valence-corrected chi connectivity index (χ4v) is 10.1. The van der Waals surface area contributed by atoms with Crippen LogP contribution in [0.15, 0.2) is 182 Å². The van der Waals surface area contributed by atoms with Crippen LogP contribution in [0.25, 0.3) is 38.8 Å². The predicted molar refractivity (Wildman–Crippen MR) is 306 cm³/mol. The third-order valence-corrected chi connectivity index (χ3v) is 15.0. The second-order valence-electron chi connectivity index (χ2n) is 24.0. The second kappa shape index (κ2) is 19.5. The Bertz CT molecular complexity index is 3480. The molecular weight excluding hydrogens is 1080 g/mol. The minimum atomic E-state index is -0.372.